The average molecular weight is 303 g/mol. The fourth-order valence-corrected chi connectivity index (χ4v) is 1.77. The monoisotopic (exact) mass is 303 g/mol. The van der Waals surface area contributed by atoms with Gasteiger partial charge in [-0.05, 0) is 38.5 Å². The molecule has 0 saturated carbocycles. The lowest BCUT2D eigenvalue weighted by Gasteiger charge is -2.20. The molecule has 0 spiro atoms. The van der Waals surface area contributed by atoms with E-state index in [1.807, 2.05) is 45.0 Å². The van der Waals surface area contributed by atoms with E-state index in [9.17, 15) is 4.79 Å². The Kier molecular flexibility index (Phi) is 4.98. The molecule has 1 aromatic carbocycles. The lowest BCUT2D eigenvalue weighted by molar-refractivity contribution is -0.124. The third-order valence-corrected chi connectivity index (χ3v) is 2.69. The van der Waals surface area contributed by atoms with Crippen molar-refractivity contribution in [1.29, 1.82) is 0 Å². The summed E-state index contributed by atoms with van der Waals surface area (Å²) >= 11 is 0. The number of nitrogens with zero attached hydrogens (tertiary/aromatic N) is 3. The van der Waals surface area contributed by atoms with E-state index >= 15 is 0 Å². The molecular formula is C15H21N5O2. The summed E-state index contributed by atoms with van der Waals surface area (Å²) in [5.74, 6) is 0.531. The van der Waals surface area contributed by atoms with Crippen molar-refractivity contribution in [1.82, 2.24) is 20.2 Å². The number of aromatic nitrogens is 3. The quantitative estimate of drug-likeness (QED) is 0.841. The van der Waals surface area contributed by atoms with Crippen molar-refractivity contribution in [3.63, 3.8) is 0 Å². The van der Waals surface area contributed by atoms with Gasteiger partial charge < -0.3 is 15.5 Å². The zero-order valence-electron chi connectivity index (χ0n) is 13.0. The topological polar surface area (TPSA) is 81.1 Å². The molecule has 1 heterocycles. The fraction of sp³-hybridized carbons (Fsp3) is 0.400. The second kappa shape index (κ2) is 6.93. The summed E-state index contributed by atoms with van der Waals surface area (Å²) in [6, 6.07) is 7.56. The maximum Gasteiger partial charge on any atom is 0.258 e. The number of nitrogens with one attached hydrogen (secondary N) is 2. The maximum atomic E-state index is 11.7. The van der Waals surface area contributed by atoms with Gasteiger partial charge in [0.25, 0.3) is 5.91 Å². The van der Waals surface area contributed by atoms with Crippen LogP contribution in [0, 0.1) is 0 Å². The number of carbonyl (C=O) groups is 1. The molecule has 7 nitrogen and oxygen atoms in total. The number of carbonyl (C=O) groups excluding carboxylic acids is 1. The molecule has 0 saturated heterocycles. The molecule has 2 rings (SSSR count). The Hall–Kier alpha value is -2.57. The third kappa shape index (κ3) is 5.43. The summed E-state index contributed by atoms with van der Waals surface area (Å²) in [6.07, 6.45) is 3.18. The third-order valence-electron chi connectivity index (χ3n) is 2.69. The van der Waals surface area contributed by atoms with Crippen LogP contribution in [0.1, 0.15) is 26.3 Å². The first kappa shape index (κ1) is 15.8. The predicted molar refractivity (Wildman–Crippen MR) is 82.9 cm³/mol. The fourth-order valence-electron chi connectivity index (χ4n) is 1.77. The van der Waals surface area contributed by atoms with E-state index in [-0.39, 0.29) is 18.1 Å². The lowest BCUT2D eigenvalue weighted by atomic mass is 10.1. The second-order valence-corrected chi connectivity index (χ2v) is 5.93. The van der Waals surface area contributed by atoms with Crippen LogP contribution in [0.5, 0.6) is 5.75 Å². The molecule has 0 aliphatic rings. The van der Waals surface area contributed by atoms with Crippen molar-refractivity contribution in [2.24, 2.45) is 0 Å². The van der Waals surface area contributed by atoms with Crippen LogP contribution in [0.2, 0.25) is 0 Å². The maximum absolute atomic E-state index is 11.7. The number of hydrogen-bond donors (Lipinski definition) is 2. The van der Waals surface area contributed by atoms with Gasteiger partial charge in [-0.3, -0.25) is 4.79 Å². The summed E-state index contributed by atoms with van der Waals surface area (Å²) in [7, 11) is 0. The largest absolute Gasteiger partial charge is 0.484 e. The van der Waals surface area contributed by atoms with Gasteiger partial charge in [0, 0.05) is 5.54 Å². The van der Waals surface area contributed by atoms with E-state index in [2.05, 4.69) is 20.9 Å². The Labute approximate surface area is 129 Å². The summed E-state index contributed by atoms with van der Waals surface area (Å²) in [5.41, 5.74) is 3.95. The molecule has 0 aliphatic carbocycles. The molecule has 1 amide bonds. The van der Waals surface area contributed by atoms with Crippen LogP contribution in [0.4, 0.5) is 0 Å². The van der Waals surface area contributed by atoms with Crippen LogP contribution in [-0.2, 0) is 11.3 Å². The summed E-state index contributed by atoms with van der Waals surface area (Å²) in [6.45, 7) is 6.45. The molecule has 0 bridgehead atoms. The minimum atomic E-state index is -0.252. The van der Waals surface area contributed by atoms with Crippen LogP contribution in [-0.4, -0.2) is 32.9 Å². The van der Waals surface area contributed by atoms with E-state index in [1.54, 1.807) is 17.3 Å². The van der Waals surface area contributed by atoms with E-state index < -0.39 is 0 Å². The number of benzene rings is 1. The standard InChI is InChI=1S/C15H21N5O2/c1-15(2,3)19-14(21)9-22-13-6-4-12(5-7-13)8-18-20-10-16-17-11-20/h4-7,10-11,18H,8-9H2,1-3H3,(H,19,21). The van der Waals surface area contributed by atoms with Gasteiger partial charge >= 0.3 is 0 Å². The number of ether oxygens (including phenoxy) is 1. The molecule has 1 aromatic heterocycles. The first-order valence-corrected chi connectivity index (χ1v) is 7.04. The Morgan fingerprint density at radius 3 is 2.41 bits per heavy atom. The molecular weight excluding hydrogens is 282 g/mol. The molecule has 118 valence electrons. The Bertz CT molecular complexity index is 587. The molecule has 0 fully saturated rings. The van der Waals surface area contributed by atoms with Gasteiger partial charge in [-0.1, -0.05) is 12.1 Å². The van der Waals surface area contributed by atoms with Crippen LogP contribution in [0.3, 0.4) is 0 Å². The molecule has 2 aromatic rings. The molecule has 7 heteroatoms. The van der Waals surface area contributed by atoms with Crippen LogP contribution >= 0.6 is 0 Å². The highest BCUT2D eigenvalue weighted by Gasteiger charge is 2.13. The molecule has 0 radical (unpaired) electrons. The summed E-state index contributed by atoms with van der Waals surface area (Å²) in [5, 5.41) is 10.3. The van der Waals surface area contributed by atoms with Gasteiger partial charge in [-0.25, -0.2) is 4.68 Å². The SMILES string of the molecule is CC(C)(C)NC(=O)COc1ccc(CNn2cnnc2)cc1. The smallest absolute Gasteiger partial charge is 0.258 e. The van der Waals surface area contributed by atoms with E-state index in [4.69, 9.17) is 4.74 Å². The van der Waals surface area contributed by atoms with E-state index in [0.29, 0.717) is 12.3 Å². The number of rotatable bonds is 6. The Morgan fingerprint density at radius 2 is 1.82 bits per heavy atom. The van der Waals surface area contributed by atoms with Crippen molar-refractivity contribution >= 4 is 5.91 Å². The normalized spacial score (nSPS) is 11.0. The van der Waals surface area contributed by atoms with Crippen molar-refractivity contribution in [3.8, 4) is 5.75 Å². The molecule has 0 aliphatic heterocycles. The van der Waals surface area contributed by atoms with Crippen LogP contribution < -0.4 is 15.5 Å². The Morgan fingerprint density at radius 1 is 1.18 bits per heavy atom. The van der Waals surface area contributed by atoms with Crippen LogP contribution in [0.15, 0.2) is 36.9 Å². The minimum absolute atomic E-state index is 0.00950. The van der Waals surface area contributed by atoms with E-state index in [1.165, 1.54) is 0 Å². The van der Waals surface area contributed by atoms with Gasteiger partial charge in [0.05, 0.1) is 6.54 Å². The highest BCUT2D eigenvalue weighted by Crippen LogP contribution is 2.12. The zero-order chi connectivity index (χ0) is 16.0. The first-order chi connectivity index (χ1) is 10.4. The van der Waals surface area contributed by atoms with Gasteiger partial charge in [-0.2, -0.15) is 0 Å². The van der Waals surface area contributed by atoms with E-state index in [0.717, 1.165) is 5.56 Å². The van der Waals surface area contributed by atoms with Crippen molar-refractivity contribution in [3.05, 3.63) is 42.5 Å². The minimum Gasteiger partial charge on any atom is -0.484 e. The molecule has 22 heavy (non-hydrogen) atoms. The number of amides is 1. The average Bonchev–Trinajstić information content (AvgIpc) is 2.95. The summed E-state index contributed by atoms with van der Waals surface area (Å²) in [4.78, 5) is 11.7. The highest BCUT2D eigenvalue weighted by atomic mass is 16.5. The number of hydrogen-bond acceptors (Lipinski definition) is 5. The molecule has 0 unspecified atom stereocenters. The van der Waals surface area contributed by atoms with Crippen molar-refractivity contribution < 1.29 is 9.53 Å². The van der Waals surface area contributed by atoms with Crippen molar-refractivity contribution in [2.45, 2.75) is 32.9 Å². The van der Waals surface area contributed by atoms with Gasteiger partial charge in [-0.15, -0.1) is 10.2 Å². The predicted octanol–water partition coefficient (Wildman–Crippen LogP) is 1.32. The lowest BCUT2D eigenvalue weighted by Crippen LogP contribution is -2.43. The summed E-state index contributed by atoms with van der Waals surface area (Å²) < 4.78 is 7.14. The van der Waals surface area contributed by atoms with Crippen LogP contribution in [0.25, 0.3) is 0 Å². The molecule has 2 N–H and O–H groups in total. The van der Waals surface area contributed by atoms with Gasteiger partial charge in [0.15, 0.2) is 6.61 Å². The van der Waals surface area contributed by atoms with Crippen molar-refractivity contribution in [2.75, 3.05) is 12.0 Å². The zero-order valence-corrected chi connectivity index (χ0v) is 13.0. The second-order valence-electron chi connectivity index (χ2n) is 5.93. The van der Waals surface area contributed by atoms with Gasteiger partial charge in [0.2, 0.25) is 0 Å². The molecule has 0 atom stereocenters. The Balaban J connectivity index is 1.78. The van der Waals surface area contributed by atoms with Gasteiger partial charge in [0.1, 0.15) is 18.4 Å². The first-order valence-electron chi connectivity index (χ1n) is 7.04. The highest BCUT2D eigenvalue weighted by molar-refractivity contribution is 5.78.